The molecule has 1 aromatic heterocycles. The Bertz CT molecular complexity index is 5830. The summed E-state index contributed by atoms with van der Waals surface area (Å²) in [5, 5.41) is 34.5. The number of anilines is 11. The molecule has 494 valence electrons. The lowest BCUT2D eigenvalue weighted by Crippen LogP contribution is -2.29. The molecular formula is C94H71BBrN5O2. The normalized spacial score (nSPS) is 10.9. The van der Waals surface area contributed by atoms with Gasteiger partial charge in [0.2, 0.25) is 0 Å². The second kappa shape index (κ2) is 31.2. The molecule has 9 heteroatoms. The van der Waals surface area contributed by atoms with E-state index in [1.165, 1.54) is 82.0 Å². The summed E-state index contributed by atoms with van der Waals surface area (Å²) in [7, 11) is -1.47. The Morgan fingerprint density at radius 3 is 1.05 bits per heavy atom. The molecule has 0 spiro atoms. The van der Waals surface area contributed by atoms with E-state index in [2.05, 4.69) is 369 Å². The van der Waals surface area contributed by atoms with Gasteiger partial charge in [-0.05, 0) is 178 Å². The zero-order chi connectivity index (χ0) is 69.7. The Balaban J connectivity index is 0.000000115. The van der Waals surface area contributed by atoms with Gasteiger partial charge in [0.25, 0.3) is 0 Å². The number of para-hydroxylation sites is 5. The van der Waals surface area contributed by atoms with Gasteiger partial charge < -0.3 is 35.0 Å². The van der Waals surface area contributed by atoms with Gasteiger partial charge >= 0.3 is 7.12 Å². The van der Waals surface area contributed by atoms with Crippen LogP contribution < -0.4 is 25.5 Å². The van der Waals surface area contributed by atoms with Gasteiger partial charge in [-0.25, -0.2) is 0 Å². The Hall–Kier alpha value is -12.8. The minimum Gasteiger partial charge on any atom is -0.423 e. The average molecular weight is 1390 g/mol. The molecule has 0 bridgehead atoms. The second-order valence-electron chi connectivity index (χ2n) is 24.9. The first-order valence-electron chi connectivity index (χ1n) is 34.5. The van der Waals surface area contributed by atoms with Crippen LogP contribution in [-0.4, -0.2) is 22.2 Å². The fraction of sp³-hybridized carbons (Fsp3) is 0. The Kier molecular flexibility index (Phi) is 20.0. The first kappa shape index (κ1) is 66.1. The van der Waals surface area contributed by atoms with E-state index in [4.69, 9.17) is 0 Å². The van der Waals surface area contributed by atoms with Crippen molar-refractivity contribution >= 4 is 156 Å². The molecule has 0 saturated carbocycles. The van der Waals surface area contributed by atoms with Gasteiger partial charge in [0.15, 0.2) is 0 Å². The molecule has 0 radical (unpaired) electrons. The van der Waals surface area contributed by atoms with E-state index in [-0.39, 0.29) is 0 Å². The van der Waals surface area contributed by atoms with E-state index in [1.54, 1.807) is 12.1 Å². The number of hydrogen-bond donors (Lipinski definition) is 4. The number of aromatic amines is 1. The van der Waals surface area contributed by atoms with Crippen LogP contribution in [0.3, 0.4) is 0 Å². The van der Waals surface area contributed by atoms with E-state index < -0.39 is 7.12 Å². The molecule has 0 unspecified atom stereocenters. The Labute approximate surface area is 609 Å². The average Bonchev–Trinajstić information content (AvgIpc) is 1.32. The predicted octanol–water partition coefficient (Wildman–Crippen LogP) is 25.3. The number of halogens is 1. The van der Waals surface area contributed by atoms with Crippen LogP contribution in [0.2, 0.25) is 0 Å². The highest BCUT2D eigenvalue weighted by atomic mass is 79.9. The van der Waals surface area contributed by atoms with E-state index in [9.17, 15) is 10.0 Å². The quantitative estimate of drug-likeness (QED) is 0.0862. The monoisotopic (exact) mass is 1390 g/mol. The topological polar surface area (TPSA) is 78.0 Å². The number of nitrogens with zero attached hydrogens (tertiary/aromatic N) is 3. The lowest BCUT2D eigenvalue weighted by Gasteiger charge is -2.27. The second-order valence-corrected chi connectivity index (χ2v) is 25.9. The van der Waals surface area contributed by atoms with Crippen LogP contribution in [0.15, 0.2) is 411 Å². The summed E-state index contributed by atoms with van der Waals surface area (Å²) >= 11 is 3.53. The molecule has 0 atom stereocenters. The summed E-state index contributed by atoms with van der Waals surface area (Å²) in [6, 6.07) is 141. The molecule has 18 rings (SSSR count). The van der Waals surface area contributed by atoms with Crippen molar-refractivity contribution in [3.63, 3.8) is 0 Å². The molecule has 0 fully saturated rings. The molecule has 0 aliphatic heterocycles. The highest BCUT2D eigenvalue weighted by Crippen LogP contribution is 2.43. The minimum atomic E-state index is -1.47. The van der Waals surface area contributed by atoms with Crippen LogP contribution in [0.25, 0.3) is 76.0 Å². The molecule has 7 nitrogen and oxygen atoms in total. The lowest BCUT2D eigenvalue weighted by molar-refractivity contribution is 0.426. The Morgan fingerprint density at radius 1 is 0.262 bits per heavy atom. The summed E-state index contributed by atoms with van der Waals surface area (Å²) < 4.78 is 1.08. The first-order chi connectivity index (χ1) is 50.8. The third-order valence-electron chi connectivity index (χ3n) is 18.4. The van der Waals surface area contributed by atoms with Crippen molar-refractivity contribution in [2.45, 2.75) is 0 Å². The minimum absolute atomic E-state index is 0.472. The zero-order valence-electron chi connectivity index (χ0n) is 56.4. The van der Waals surface area contributed by atoms with E-state index in [0.29, 0.717) is 5.46 Å². The molecule has 0 aliphatic rings. The molecule has 0 amide bonds. The summed E-state index contributed by atoms with van der Waals surface area (Å²) in [5.41, 5.74) is 17.5. The predicted molar refractivity (Wildman–Crippen MR) is 442 cm³/mol. The van der Waals surface area contributed by atoms with Gasteiger partial charge in [-0.15, -0.1) is 0 Å². The van der Waals surface area contributed by atoms with Crippen LogP contribution in [-0.2, 0) is 0 Å². The molecule has 0 aliphatic carbocycles. The summed E-state index contributed by atoms with van der Waals surface area (Å²) in [6.45, 7) is 0. The van der Waals surface area contributed by atoms with Gasteiger partial charge in [-0.2, -0.15) is 0 Å². The number of benzene rings is 17. The maximum atomic E-state index is 9.37. The zero-order valence-corrected chi connectivity index (χ0v) is 58.0. The van der Waals surface area contributed by atoms with Crippen molar-refractivity contribution in [3.05, 3.63) is 411 Å². The molecule has 4 N–H and O–H groups in total. The number of nitrogens with one attached hydrogen (secondary N) is 2. The number of aromatic nitrogens is 1. The molecule has 17 aromatic carbocycles. The van der Waals surface area contributed by atoms with Crippen LogP contribution in [0, 0.1) is 0 Å². The maximum absolute atomic E-state index is 9.37. The maximum Gasteiger partial charge on any atom is 0.488 e. The fourth-order valence-electron chi connectivity index (χ4n) is 13.5. The highest BCUT2D eigenvalue weighted by molar-refractivity contribution is 9.10. The van der Waals surface area contributed by atoms with Gasteiger partial charge in [0, 0.05) is 93.3 Å². The molecular weight excluding hydrogens is 1320 g/mol. The standard InChI is InChI=1S/C34H24N2.C22H18BNO2.C22H16BrN.C16H13N/c1-2-11-27(12-3-1)36(34-16-8-10-25-9-4-5-13-29(25)34)28-20-17-24(18-21-28)26-19-22-33-31(23-26)30-14-6-7-15-32(30)35-33;25-23(26)18-13-15-20(16-14-18)24(19-9-2-1-3-10-19)22-12-6-8-17-7-4-5-11-21(17)22;23-18-13-15-20(16-14-18)24(19-9-2-1-3-10-19)22-12-6-8-17-7-4-5-11-21(17)22;1-2-9-14(10-3-1)17-16-12-6-8-13-7-4-5-11-15(13)16/h1-23,35H;1-16,25-26H;1-16H;1-12,17H. The van der Waals surface area contributed by atoms with E-state index >= 15 is 0 Å². The van der Waals surface area contributed by atoms with Crippen molar-refractivity contribution in [1.29, 1.82) is 0 Å². The molecule has 18 aromatic rings. The Morgan fingerprint density at radius 2 is 0.592 bits per heavy atom. The number of H-pyrrole nitrogens is 1. The molecule has 0 saturated heterocycles. The smallest absolute Gasteiger partial charge is 0.423 e. The molecule has 1 heterocycles. The largest absolute Gasteiger partial charge is 0.488 e. The van der Waals surface area contributed by atoms with E-state index in [0.717, 1.165) is 61.0 Å². The van der Waals surface area contributed by atoms with Crippen molar-refractivity contribution < 1.29 is 10.0 Å². The van der Waals surface area contributed by atoms with Crippen molar-refractivity contribution in [2.24, 2.45) is 0 Å². The lowest BCUT2D eigenvalue weighted by atomic mass is 9.80. The third kappa shape index (κ3) is 14.9. The number of rotatable bonds is 13. The third-order valence-corrected chi connectivity index (χ3v) is 18.9. The molecule has 103 heavy (non-hydrogen) atoms. The van der Waals surface area contributed by atoms with Gasteiger partial charge in [-0.3, -0.25) is 0 Å². The van der Waals surface area contributed by atoms with Crippen LogP contribution in [0.5, 0.6) is 0 Å². The van der Waals surface area contributed by atoms with Crippen molar-refractivity contribution in [2.75, 3.05) is 20.0 Å². The van der Waals surface area contributed by atoms with Gasteiger partial charge in [0.1, 0.15) is 0 Å². The van der Waals surface area contributed by atoms with Gasteiger partial charge in [0.05, 0.1) is 17.1 Å². The summed E-state index contributed by atoms with van der Waals surface area (Å²) in [6.07, 6.45) is 0. The van der Waals surface area contributed by atoms with Crippen LogP contribution in [0.4, 0.5) is 62.6 Å². The van der Waals surface area contributed by atoms with Gasteiger partial charge in [-0.1, -0.05) is 283 Å². The fourth-order valence-corrected chi connectivity index (χ4v) is 13.7. The highest BCUT2D eigenvalue weighted by Gasteiger charge is 2.20. The van der Waals surface area contributed by atoms with Crippen molar-refractivity contribution in [3.8, 4) is 11.1 Å². The first-order valence-corrected chi connectivity index (χ1v) is 35.3. The van der Waals surface area contributed by atoms with Crippen LogP contribution >= 0.6 is 15.9 Å². The van der Waals surface area contributed by atoms with Crippen LogP contribution in [0.1, 0.15) is 0 Å². The summed E-state index contributed by atoms with van der Waals surface area (Å²) in [4.78, 5) is 10.3. The SMILES string of the molecule is Brc1ccc(N(c2ccccc2)c2cccc3ccccc23)cc1.OB(O)c1ccc(N(c2ccccc2)c2cccc3ccccc23)cc1.c1ccc(N(c2ccc(-c3ccc4[nH]c5ccccc5c4c3)cc2)c2cccc3ccccc23)cc1.c1ccc(Nc2cccc3ccccc23)cc1. The van der Waals surface area contributed by atoms with Crippen molar-refractivity contribution in [1.82, 2.24) is 4.98 Å². The number of fused-ring (bicyclic) bond motifs is 7. The number of hydrogen-bond acceptors (Lipinski definition) is 6. The van der Waals surface area contributed by atoms with E-state index in [1.807, 2.05) is 66.7 Å². The summed E-state index contributed by atoms with van der Waals surface area (Å²) in [5.74, 6) is 0.